The van der Waals surface area contributed by atoms with E-state index in [-0.39, 0.29) is 12.0 Å². The number of nitrogens with zero attached hydrogens (tertiary/aromatic N) is 1. The van der Waals surface area contributed by atoms with Gasteiger partial charge in [0.1, 0.15) is 36.7 Å². The van der Waals surface area contributed by atoms with Crippen LogP contribution in [0.5, 0.6) is 0 Å². The highest BCUT2D eigenvalue weighted by molar-refractivity contribution is 7.59. The maximum Gasteiger partial charge on any atom is 0.330 e. The van der Waals surface area contributed by atoms with Crippen LogP contribution in [0.1, 0.15) is 18.2 Å². The maximum absolute atomic E-state index is 12.0. The lowest BCUT2D eigenvalue weighted by atomic mass is 10.00. The van der Waals surface area contributed by atoms with Gasteiger partial charge in [-0.1, -0.05) is 0 Å². The summed E-state index contributed by atoms with van der Waals surface area (Å²) < 4.78 is 47.8. The van der Waals surface area contributed by atoms with Crippen molar-refractivity contribution in [3.63, 3.8) is 0 Å². The van der Waals surface area contributed by atoms with E-state index in [1.165, 1.54) is 13.1 Å². The van der Waals surface area contributed by atoms with Crippen molar-refractivity contribution >= 4 is 15.6 Å². The number of aliphatic hydroxyl groups is 5. The third-order valence-corrected chi connectivity index (χ3v) is 7.87. The van der Waals surface area contributed by atoms with Crippen molar-refractivity contribution in [2.75, 3.05) is 13.2 Å². The number of rotatable bonds is 9. The molecule has 5 unspecified atom stereocenters. The van der Waals surface area contributed by atoms with E-state index >= 15 is 0 Å². The number of hydrogen-bond acceptors (Lipinski definition) is 16. The van der Waals surface area contributed by atoms with Crippen LogP contribution in [0.4, 0.5) is 0 Å². The van der Waals surface area contributed by atoms with Gasteiger partial charge in [-0.05, 0) is 6.92 Å². The molecule has 1 aromatic heterocycles. The molecule has 0 bridgehead atoms. The number of nitrogens with one attached hydrogen (secondary N) is 1. The number of phosphoric ester groups is 2. The largest absolute Gasteiger partial charge is 0.756 e. The van der Waals surface area contributed by atoms with Gasteiger partial charge in [0, 0.05) is 18.2 Å². The topological polar surface area (TPSA) is 282 Å². The lowest BCUT2D eigenvalue weighted by molar-refractivity contribution is -0.305. The molecule has 3 heterocycles. The number of aromatic nitrogens is 2. The van der Waals surface area contributed by atoms with Crippen molar-refractivity contribution in [1.82, 2.24) is 9.55 Å². The van der Waals surface area contributed by atoms with Crippen LogP contribution in [-0.2, 0) is 32.0 Å². The number of aromatic amines is 1. The van der Waals surface area contributed by atoms with Gasteiger partial charge in [-0.15, -0.1) is 0 Å². The van der Waals surface area contributed by atoms with E-state index in [2.05, 4.69) is 13.4 Å². The molecule has 10 atom stereocenters. The highest BCUT2D eigenvalue weighted by Crippen LogP contribution is 2.57. The first-order chi connectivity index (χ1) is 16.6. The van der Waals surface area contributed by atoms with Crippen molar-refractivity contribution in [3.8, 4) is 0 Å². The van der Waals surface area contributed by atoms with Crippen molar-refractivity contribution in [3.05, 3.63) is 32.6 Å². The zero-order chi connectivity index (χ0) is 27.0. The quantitative estimate of drug-likeness (QED) is 0.154. The number of aryl methyl sites for hydroxylation is 1. The van der Waals surface area contributed by atoms with Crippen LogP contribution in [0.15, 0.2) is 15.8 Å². The fraction of sp³-hybridized carbons (Fsp3) is 0.750. The standard InChI is InChI=1S/C16H26N2O16P2/c1-6-3-18(16(25)17-14(6)24)10-2-7(20)9(31-10)5-30-35(26,27)34-36(28,29)33-15-13(23)12(22)11(21)8(4-19)32-15/h3,7-13,15,19-23H,2,4-5H2,1H3,(H,26,27)(H,28,29)(H,17,24,25)/p-2/t7?,8?,9-,10-,11-,12+,13?,15-/m1/s1. The Morgan fingerprint density at radius 2 is 1.75 bits per heavy atom. The fourth-order valence-electron chi connectivity index (χ4n) is 3.45. The Labute approximate surface area is 201 Å². The second kappa shape index (κ2) is 11.2. The zero-order valence-electron chi connectivity index (χ0n) is 18.4. The molecule has 0 spiro atoms. The molecule has 2 aliphatic heterocycles. The van der Waals surface area contributed by atoms with Crippen molar-refractivity contribution < 1.29 is 67.3 Å². The molecule has 0 saturated carbocycles. The molecule has 2 aliphatic rings. The minimum atomic E-state index is -5.85. The van der Waals surface area contributed by atoms with Gasteiger partial charge >= 0.3 is 5.69 Å². The average Bonchev–Trinajstić information content (AvgIpc) is 3.14. The molecule has 6 N–H and O–H groups in total. The molecule has 3 rings (SSSR count). The van der Waals surface area contributed by atoms with Crippen LogP contribution in [-0.4, -0.2) is 91.2 Å². The Hall–Kier alpha value is -1.34. The van der Waals surface area contributed by atoms with Crippen LogP contribution in [0, 0.1) is 6.92 Å². The first kappa shape index (κ1) is 29.2. The number of H-pyrrole nitrogens is 1. The van der Waals surface area contributed by atoms with E-state index in [1.54, 1.807) is 0 Å². The monoisotopic (exact) mass is 562 g/mol. The van der Waals surface area contributed by atoms with Gasteiger partial charge < -0.3 is 49.3 Å². The number of phosphoric acid groups is 2. The van der Waals surface area contributed by atoms with E-state index in [0.717, 1.165) is 4.57 Å². The minimum absolute atomic E-state index is 0.162. The van der Waals surface area contributed by atoms with Crippen molar-refractivity contribution in [1.29, 1.82) is 0 Å². The Morgan fingerprint density at radius 1 is 1.08 bits per heavy atom. The second-order valence-electron chi connectivity index (χ2n) is 7.99. The molecule has 36 heavy (non-hydrogen) atoms. The van der Waals surface area contributed by atoms with Gasteiger partial charge in [0.05, 0.1) is 19.3 Å². The van der Waals surface area contributed by atoms with Crippen LogP contribution >= 0.6 is 15.6 Å². The molecule has 2 saturated heterocycles. The van der Waals surface area contributed by atoms with Gasteiger partial charge in [0.25, 0.3) is 21.2 Å². The van der Waals surface area contributed by atoms with E-state index in [0.29, 0.717) is 0 Å². The molecule has 18 nitrogen and oxygen atoms in total. The summed E-state index contributed by atoms with van der Waals surface area (Å²) in [4.78, 5) is 49.6. The Bertz CT molecular complexity index is 1140. The second-order valence-corrected chi connectivity index (χ2v) is 10.9. The fourth-order valence-corrected chi connectivity index (χ4v) is 5.53. The predicted octanol–water partition coefficient (Wildman–Crippen LogP) is -4.72. The van der Waals surface area contributed by atoms with Gasteiger partial charge in [-0.2, -0.15) is 0 Å². The van der Waals surface area contributed by atoms with Crippen molar-refractivity contribution in [2.45, 2.75) is 62.5 Å². The number of aliphatic hydroxyl groups excluding tert-OH is 5. The van der Waals surface area contributed by atoms with Crippen LogP contribution in [0.25, 0.3) is 0 Å². The molecule has 0 amide bonds. The summed E-state index contributed by atoms with van der Waals surface area (Å²) in [6.45, 7) is -0.442. The van der Waals surface area contributed by atoms with E-state index in [9.17, 15) is 48.9 Å². The molecule has 0 aliphatic carbocycles. The molecule has 206 valence electrons. The summed E-state index contributed by atoms with van der Waals surface area (Å²) in [6.07, 6.45) is -12.7. The van der Waals surface area contributed by atoms with E-state index < -0.39 is 89.2 Å². The molecule has 0 aromatic carbocycles. The summed E-state index contributed by atoms with van der Waals surface area (Å²) in [6, 6.07) is 0. The average molecular weight is 562 g/mol. The smallest absolute Gasteiger partial charge is 0.330 e. The Kier molecular flexibility index (Phi) is 9.08. The highest BCUT2D eigenvalue weighted by atomic mass is 31.3. The van der Waals surface area contributed by atoms with Gasteiger partial charge in [0.15, 0.2) is 6.29 Å². The third-order valence-electron chi connectivity index (χ3n) is 5.34. The predicted molar refractivity (Wildman–Crippen MR) is 108 cm³/mol. The zero-order valence-corrected chi connectivity index (χ0v) is 20.2. The van der Waals surface area contributed by atoms with Crippen molar-refractivity contribution in [2.24, 2.45) is 0 Å². The maximum atomic E-state index is 12.0. The first-order valence-electron chi connectivity index (χ1n) is 10.3. The Balaban J connectivity index is 1.59. The first-order valence-corrected chi connectivity index (χ1v) is 13.2. The van der Waals surface area contributed by atoms with E-state index in [1.807, 2.05) is 4.98 Å². The normalized spacial score (nSPS) is 36.3. The molecule has 1 aromatic rings. The molecule has 0 radical (unpaired) electrons. The minimum Gasteiger partial charge on any atom is -0.756 e. The lowest BCUT2D eigenvalue weighted by Crippen LogP contribution is -2.59. The summed E-state index contributed by atoms with van der Waals surface area (Å²) in [5.74, 6) is 0. The SMILES string of the molecule is Cc1cn([C@H]2CC(O)[C@@H](COP(=O)([O-])OP(=O)([O-])O[C@H]3OC(CO)[C@@H](O)[C@H](O)C3O)O2)c(=O)[nH]c1=O. The lowest BCUT2D eigenvalue weighted by Gasteiger charge is -2.41. The molecule has 2 fully saturated rings. The summed E-state index contributed by atoms with van der Waals surface area (Å²) in [7, 11) is -11.6. The van der Waals surface area contributed by atoms with Gasteiger partial charge in [0.2, 0.25) is 0 Å². The summed E-state index contributed by atoms with van der Waals surface area (Å²) >= 11 is 0. The molecular weight excluding hydrogens is 538 g/mol. The summed E-state index contributed by atoms with van der Waals surface area (Å²) in [5, 5.41) is 48.4. The highest BCUT2D eigenvalue weighted by Gasteiger charge is 2.46. The van der Waals surface area contributed by atoms with Crippen LogP contribution in [0.3, 0.4) is 0 Å². The van der Waals surface area contributed by atoms with Crippen LogP contribution < -0.4 is 21.0 Å². The van der Waals surface area contributed by atoms with E-state index in [4.69, 9.17) is 14.6 Å². The summed E-state index contributed by atoms with van der Waals surface area (Å²) in [5.41, 5.74) is -1.32. The van der Waals surface area contributed by atoms with Crippen LogP contribution in [0.2, 0.25) is 0 Å². The number of hydrogen-bond donors (Lipinski definition) is 6. The van der Waals surface area contributed by atoms with Gasteiger partial charge in [-0.3, -0.25) is 28.0 Å². The van der Waals surface area contributed by atoms with Gasteiger partial charge in [-0.25, -0.2) is 9.11 Å². The Morgan fingerprint density at radius 3 is 2.39 bits per heavy atom. The molecular formula is C16H24N2O16P2-2. The number of ether oxygens (including phenoxy) is 2. The third kappa shape index (κ3) is 6.75. The molecule has 20 heteroatoms.